The second-order valence-corrected chi connectivity index (χ2v) is 10.2. The average molecular weight is 417 g/mol. The van der Waals surface area contributed by atoms with Crippen LogP contribution in [0.2, 0.25) is 5.02 Å². The third kappa shape index (κ3) is 2.84. The van der Waals surface area contributed by atoms with Gasteiger partial charge in [-0.05, 0) is 48.9 Å². The van der Waals surface area contributed by atoms with Crippen LogP contribution < -0.4 is 5.73 Å². The number of nitrogens with zero attached hydrogens (tertiary/aromatic N) is 3. The third-order valence-electron chi connectivity index (χ3n) is 6.19. The Hall–Kier alpha value is -1.96. The van der Waals surface area contributed by atoms with Gasteiger partial charge in [-0.15, -0.1) is 0 Å². The first-order valence-corrected chi connectivity index (χ1v) is 11.4. The summed E-state index contributed by atoms with van der Waals surface area (Å²) in [5.41, 5.74) is 8.89. The number of sulfonamides is 1. The molecule has 1 aromatic heterocycles. The Kier molecular flexibility index (Phi) is 4.23. The van der Waals surface area contributed by atoms with Crippen LogP contribution in [-0.2, 0) is 16.6 Å². The molecule has 2 N–H and O–H groups in total. The van der Waals surface area contributed by atoms with Crippen LogP contribution in [0.4, 0.5) is 0 Å². The van der Waals surface area contributed by atoms with Crippen molar-refractivity contribution in [2.24, 2.45) is 22.6 Å². The molecule has 0 radical (unpaired) electrons. The fraction of sp³-hybridized carbons (Fsp3) is 0.400. The molecule has 1 saturated heterocycles. The first kappa shape index (κ1) is 18.1. The summed E-state index contributed by atoms with van der Waals surface area (Å²) in [5.74, 6) is 1.44. The van der Waals surface area contributed by atoms with Crippen LogP contribution in [-0.4, -0.2) is 36.6 Å². The maximum atomic E-state index is 13.1. The Morgan fingerprint density at radius 1 is 1.11 bits per heavy atom. The van der Waals surface area contributed by atoms with Gasteiger partial charge < -0.3 is 5.73 Å². The molecule has 5 rings (SSSR count). The SMILES string of the molecule is NC1=NCc2ccc(-c3ccc(S(=O)(=O)N4CC5CCCC5C4)cc3Cl)nc21. The van der Waals surface area contributed by atoms with Crippen LogP contribution in [0.3, 0.4) is 0 Å². The second kappa shape index (κ2) is 6.54. The van der Waals surface area contributed by atoms with E-state index >= 15 is 0 Å². The monoisotopic (exact) mass is 416 g/mol. The Labute approximate surface area is 169 Å². The predicted octanol–water partition coefficient (Wildman–Crippen LogP) is 3.04. The molecule has 2 unspecified atom stereocenters. The Morgan fingerprint density at radius 2 is 1.86 bits per heavy atom. The Bertz CT molecular complexity index is 1090. The van der Waals surface area contributed by atoms with Gasteiger partial charge in [-0.2, -0.15) is 4.31 Å². The van der Waals surface area contributed by atoms with Gasteiger partial charge >= 0.3 is 0 Å². The van der Waals surface area contributed by atoms with Gasteiger partial charge in [0, 0.05) is 24.2 Å². The van der Waals surface area contributed by atoms with Crippen LogP contribution in [0.15, 0.2) is 40.2 Å². The molecule has 0 amide bonds. The summed E-state index contributed by atoms with van der Waals surface area (Å²) in [5, 5.41) is 0.362. The highest BCUT2D eigenvalue weighted by Crippen LogP contribution is 2.40. The van der Waals surface area contributed by atoms with Gasteiger partial charge in [0.15, 0.2) is 0 Å². The molecular weight excluding hydrogens is 396 g/mol. The predicted molar refractivity (Wildman–Crippen MR) is 109 cm³/mol. The molecule has 1 aromatic carbocycles. The van der Waals surface area contributed by atoms with E-state index in [1.165, 1.54) is 12.5 Å². The summed E-state index contributed by atoms with van der Waals surface area (Å²) in [6.45, 7) is 1.78. The largest absolute Gasteiger partial charge is 0.382 e. The lowest BCUT2D eigenvalue weighted by molar-refractivity contribution is 0.445. The van der Waals surface area contributed by atoms with Gasteiger partial charge in [-0.25, -0.2) is 13.4 Å². The number of aliphatic imine (C=N–C) groups is 1. The zero-order valence-electron chi connectivity index (χ0n) is 15.3. The van der Waals surface area contributed by atoms with E-state index in [1.807, 2.05) is 12.1 Å². The number of hydrogen-bond donors (Lipinski definition) is 1. The van der Waals surface area contributed by atoms with E-state index in [2.05, 4.69) is 9.98 Å². The highest BCUT2D eigenvalue weighted by atomic mass is 35.5. The number of hydrogen-bond acceptors (Lipinski definition) is 5. The van der Waals surface area contributed by atoms with Crippen molar-refractivity contribution in [2.75, 3.05) is 13.1 Å². The molecule has 0 spiro atoms. The fourth-order valence-electron chi connectivity index (χ4n) is 4.63. The minimum Gasteiger partial charge on any atom is -0.382 e. The van der Waals surface area contributed by atoms with E-state index in [-0.39, 0.29) is 4.90 Å². The maximum absolute atomic E-state index is 13.1. The van der Waals surface area contributed by atoms with Crippen molar-refractivity contribution in [1.82, 2.24) is 9.29 Å². The number of nitrogens with two attached hydrogens (primary N) is 1. The van der Waals surface area contributed by atoms with E-state index in [1.54, 1.807) is 16.4 Å². The summed E-state index contributed by atoms with van der Waals surface area (Å²) in [7, 11) is -3.53. The van der Waals surface area contributed by atoms with Crippen LogP contribution in [0, 0.1) is 11.8 Å². The molecule has 3 aliphatic rings. The zero-order chi connectivity index (χ0) is 19.5. The average Bonchev–Trinajstić information content (AvgIpc) is 3.37. The molecular formula is C20H21ClN4O2S. The van der Waals surface area contributed by atoms with E-state index < -0.39 is 10.0 Å². The highest BCUT2D eigenvalue weighted by Gasteiger charge is 2.41. The lowest BCUT2D eigenvalue weighted by Gasteiger charge is -2.18. The van der Waals surface area contributed by atoms with Crippen LogP contribution >= 0.6 is 11.6 Å². The summed E-state index contributed by atoms with van der Waals surface area (Å²) in [6, 6.07) is 8.68. The molecule has 2 aromatic rings. The smallest absolute Gasteiger partial charge is 0.243 e. The van der Waals surface area contributed by atoms with E-state index in [0.717, 1.165) is 18.4 Å². The molecule has 8 heteroatoms. The molecule has 1 aliphatic carbocycles. The number of amidine groups is 1. The highest BCUT2D eigenvalue weighted by molar-refractivity contribution is 7.89. The normalized spacial score (nSPS) is 24.2. The number of halogens is 1. The van der Waals surface area contributed by atoms with Crippen molar-refractivity contribution < 1.29 is 8.42 Å². The number of pyridine rings is 1. The topological polar surface area (TPSA) is 88.6 Å². The molecule has 2 atom stereocenters. The standard InChI is InChI=1S/C20H21ClN4O2S/c21-17-8-15(28(26,27)25-10-13-2-1-3-14(13)11-25)5-6-16(17)18-7-4-12-9-23-20(22)19(12)24-18/h4-8,13-14H,1-3,9-11H2,(H2,22,23). The molecule has 6 nitrogen and oxygen atoms in total. The van der Waals surface area contributed by atoms with Gasteiger partial charge in [0.2, 0.25) is 10.0 Å². The molecule has 0 bridgehead atoms. The van der Waals surface area contributed by atoms with Gasteiger partial charge in [0.1, 0.15) is 11.5 Å². The first-order chi connectivity index (χ1) is 13.4. The van der Waals surface area contributed by atoms with Crippen molar-refractivity contribution >= 4 is 27.5 Å². The van der Waals surface area contributed by atoms with Crippen molar-refractivity contribution in [2.45, 2.75) is 30.7 Å². The van der Waals surface area contributed by atoms with Gasteiger partial charge in [-0.3, -0.25) is 4.99 Å². The summed E-state index contributed by atoms with van der Waals surface area (Å²) >= 11 is 6.48. The van der Waals surface area contributed by atoms with Crippen LogP contribution in [0.25, 0.3) is 11.3 Å². The molecule has 2 aliphatic heterocycles. The fourth-order valence-corrected chi connectivity index (χ4v) is 6.56. The Morgan fingerprint density at radius 3 is 2.57 bits per heavy atom. The van der Waals surface area contributed by atoms with E-state index in [0.29, 0.717) is 59.3 Å². The summed E-state index contributed by atoms with van der Waals surface area (Å²) < 4.78 is 27.8. The number of benzene rings is 1. The number of fused-ring (bicyclic) bond motifs is 2. The first-order valence-electron chi connectivity index (χ1n) is 9.54. The second-order valence-electron chi connectivity index (χ2n) is 7.82. The van der Waals surface area contributed by atoms with E-state index in [4.69, 9.17) is 17.3 Å². The minimum atomic E-state index is -3.53. The zero-order valence-corrected chi connectivity index (χ0v) is 16.9. The van der Waals surface area contributed by atoms with Crippen LogP contribution in [0.5, 0.6) is 0 Å². The summed E-state index contributed by atoms with van der Waals surface area (Å²) in [4.78, 5) is 9.00. The minimum absolute atomic E-state index is 0.239. The molecule has 3 heterocycles. The van der Waals surface area contributed by atoms with Crippen molar-refractivity contribution in [3.8, 4) is 11.3 Å². The lowest BCUT2D eigenvalue weighted by atomic mass is 10.0. The maximum Gasteiger partial charge on any atom is 0.243 e. The van der Waals surface area contributed by atoms with Gasteiger partial charge in [0.05, 0.1) is 22.2 Å². The van der Waals surface area contributed by atoms with Crippen molar-refractivity contribution in [3.63, 3.8) is 0 Å². The molecule has 2 fully saturated rings. The Balaban J connectivity index is 1.46. The van der Waals surface area contributed by atoms with Gasteiger partial charge in [0.25, 0.3) is 0 Å². The third-order valence-corrected chi connectivity index (χ3v) is 8.33. The lowest BCUT2D eigenvalue weighted by Crippen LogP contribution is -2.29. The van der Waals surface area contributed by atoms with Crippen LogP contribution in [0.1, 0.15) is 30.5 Å². The number of rotatable bonds is 3. The van der Waals surface area contributed by atoms with E-state index in [9.17, 15) is 8.42 Å². The summed E-state index contributed by atoms with van der Waals surface area (Å²) in [6.07, 6.45) is 3.48. The molecule has 28 heavy (non-hydrogen) atoms. The number of aromatic nitrogens is 1. The quantitative estimate of drug-likeness (QED) is 0.832. The molecule has 146 valence electrons. The molecule has 1 saturated carbocycles. The van der Waals surface area contributed by atoms with Gasteiger partial charge in [-0.1, -0.05) is 24.1 Å². The van der Waals surface area contributed by atoms with Crippen molar-refractivity contribution in [3.05, 3.63) is 46.6 Å². The van der Waals surface area contributed by atoms with Crippen molar-refractivity contribution in [1.29, 1.82) is 0 Å².